The minimum absolute atomic E-state index is 0.0182. The summed E-state index contributed by atoms with van der Waals surface area (Å²) in [4.78, 5) is 24.4. The van der Waals surface area contributed by atoms with Crippen LogP contribution in [0, 0.1) is 28.5 Å². The van der Waals surface area contributed by atoms with E-state index in [0.717, 1.165) is 5.57 Å². The van der Waals surface area contributed by atoms with Crippen molar-refractivity contribution < 1.29 is 27.7 Å². The van der Waals surface area contributed by atoms with Gasteiger partial charge in [-0.1, -0.05) is 19.4 Å². The molecule has 3 N–H and O–H groups in total. The molecule has 5 heteroatoms. The van der Waals surface area contributed by atoms with Crippen LogP contribution < -0.4 is 0 Å². The second-order valence-electron chi connectivity index (χ2n) is 9.08. The SMILES string of the molecule is [2H][C@@]12CC[C@](O)(C(=O)CO)[C@@]1(C)C[C@H](O)C1[C@@]3(C)CCC(=O)C=C3CC[C@]12[2H]. The second-order valence-corrected chi connectivity index (χ2v) is 9.08. The largest absolute Gasteiger partial charge is 0.393 e. The molecule has 4 aliphatic carbocycles. The summed E-state index contributed by atoms with van der Waals surface area (Å²) in [7, 11) is 0. The van der Waals surface area contributed by atoms with Crippen molar-refractivity contribution in [1.82, 2.24) is 0 Å². The molecule has 0 saturated heterocycles. The highest BCUT2D eigenvalue weighted by molar-refractivity contribution is 5.91. The fourth-order valence-electron chi connectivity index (χ4n) is 6.52. The van der Waals surface area contributed by atoms with Crippen molar-refractivity contribution in [2.45, 2.75) is 70.5 Å². The van der Waals surface area contributed by atoms with Crippen molar-refractivity contribution in [1.29, 1.82) is 0 Å². The molecule has 144 valence electrons. The first-order valence-corrected chi connectivity index (χ1v) is 9.68. The molecule has 5 nitrogen and oxygen atoms in total. The van der Waals surface area contributed by atoms with Crippen molar-refractivity contribution in [3.8, 4) is 0 Å². The number of hydrogen-bond donors (Lipinski definition) is 3. The summed E-state index contributed by atoms with van der Waals surface area (Å²) >= 11 is 0. The van der Waals surface area contributed by atoms with Gasteiger partial charge in [0.1, 0.15) is 12.2 Å². The van der Waals surface area contributed by atoms with Crippen molar-refractivity contribution in [2.24, 2.45) is 28.5 Å². The van der Waals surface area contributed by atoms with E-state index in [2.05, 4.69) is 0 Å². The average Bonchev–Trinajstić information content (AvgIpc) is 2.84. The van der Waals surface area contributed by atoms with Gasteiger partial charge in [0.25, 0.3) is 0 Å². The lowest BCUT2D eigenvalue weighted by Crippen LogP contribution is -2.62. The Labute approximate surface area is 157 Å². The lowest BCUT2D eigenvalue weighted by Gasteiger charge is -2.60. The highest BCUT2D eigenvalue weighted by Crippen LogP contribution is 2.67. The highest BCUT2D eigenvalue weighted by atomic mass is 16.3. The molecule has 1 unspecified atom stereocenters. The third kappa shape index (κ3) is 2.14. The van der Waals surface area contributed by atoms with Crippen molar-refractivity contribution in [3.05, 3.63) is 11.6 Å². The minimum atomic E-state index is -1.91. The molecule has 0 bridgehead atoms. The molecule has 26 heavy (non-hydrogen) atoms. The molecule has 3 saturated carbocycles. The topological polar surface area (TPSA) is 94.8 Å². The van der Waals surface area contributed by atoms with Gasteiger partial charge in [-0.05, 0) is 67.7 Å². The van der Waals surface area contributed by atoms with E-state index in [9.17, 15) is 27.7 Å². The maximum absolute atomic E-state index is 12.5. The Bertz CT molecular complexity index is 783. The molecular weight excluding hydrogens is 332 g/mol. The summed E-state index contributed by atoms with van der Waals surface area (Å²) < 4.78 is 18.9. The van der Waals surface area contributed by atoms with E-state index in [4.69, 9.17) is 0 Å². The van der Waals surface area contributed by atoms with E-state index < -0.39 is 52.6 Å². The number of carbonyl (C=O) groups is 2. The van der Waals surface area contributed by atoms with Crippen molar-refractivity contribution in [2.75, 3.05) is 6.61 Å². The second kappa shape index (κ2) is 5.73. The number of fused-ring (bicyclic) bond motifs is 5. The van der Waals surface area contributed by atoms with Crippen LogP contribution in [0.5, 0.6) is 0 Å². The summed E-state index contributed by atoms with van der Waals surface area (Å²) in [6.45, 7) is 2.81. The summed E-state index contributed by atoms with van der Waals surface area (Å²) in [5.41, 5.74) is -2.81. The van der Waals surface area contributed by atoms with E-state index in [-0.39, 0.29) is 25.0 Å². The van der Waals surface area contributed by atoms with Crippen LogP contribution in [-0.2, 0) is 9.59 Å². The zero-order chi connectivity index (χ0) is 20.8. The van der Waals surface area contributed by atoms with Crippen LogP contribution in [0.1, 0.15) is 61.5 Å². The third-order valence-electron chi connectivity index (χ3n) is 8.00. The van der Waals surface area contributed by atoms with Gasteiger partial charge in [0.15, 0.2) is 11.6 Å². The number of ketones is 2. The van der Waals surface area contributed by atoms with Crippen LogP contribution in [-0.4, -0.2) is 45.2 Å². The van der Waals surface area contributed by atoms with Gasteiger partial charge >= 0.3 is 0 Å². The van der Waals surface area contributed by atoms with Crippen LogP contribution >= 0.6 is 0 Å². The van der Waals surface area contributed by atoms with Gasteiger partial charge in [-0.25, -0.2) is 0 Å². The number of allylic oxidation sites excluding steroid dienone is 1. The van der Waals surface area contributed by atoms with Gasteiger partial charge in [-0.3, -0.25) is 9.59 Å². The number of carbonyl (C=O) groups excluding carboxylic acids is 2. The molecule has 0 aromatic rings. The van der Waals surface area contributed by atoms with Gasteiger partial charge in [0.05, 0.1) is 6.10 Å². The molecule has 0 spiro atoms. The van der Waals surface area contributed by atoms with Gasteiger partial charge in [0.2, 0.25) is 0 Å². The Kier molecular flexibility index (Phi) is 3.52. The van der Waals surface area contributed by atoms with Crippen LogP contribution in [0.3, 0.4) is 0 Å². The zero-order valence-electron chi connectivity index (χ0n) is 17.5. The van der Waals surface area contributed by atoms with E-state index in [0.29, 0.717) is 25.7 Å². The molecule has 7 atom stereocenters. The van der Waals surface area contributed by atoms with E-state index in [1.54, 1.807) is 13.0 Å². The third-order valence-corrected chi connectivity index (χ3v) is 8.00. The molecular formula is C21H30O5. The summed E-state index contributed by atoms with van der Waals surface area (Å²) in [5.74, 6) is -3.98. The van der Waals surface area contributed by atoms with E-state index >= 15 is 0 Å². The van der Waals surface area contributed by atoms with Crippen molar-refractivity contribution >= 4 is 11.6 Å². The van der Waals surface area contributed by atoms with Crippen LogP contribution in [0.4, 0.5) is 0 Å². The Morgan fingerprint density at radius 1 is 1.31 bits per heavy atom. The first-order chi connectivity index (χ1) is 12.9. The van der Waals surface area contributed by atoms with Gasteiger partial charge in [0, 0.05) is 14.6 Å². The Morgan fingerprint density at radius 3 is 2.73 bits per heavy atom. The summed E-state index contributed by atoms with van der Waals surface area (Å²) in [6.07, 6.45) is 2.66. The molecule has 4 aliphatic rings. The number of aliphatic hydroxyl groups is 3. The molecule has 0 amide bonds. The van der Waals surface area contributed by atoms with Crippen molar-refractivity contribution in [3.63, 3.8) is 0 Å². The Balaban J connectivity index is 1.86. The van der Waals surface area contributed by atoms with E-state index in [1.165, 1.54) is 0 Å². The molecule has 0 aromatic carbocycles. The molecule has 3 fully saturated rings. The smallest absolute Gasteiger partial charge is 0.190 e. The Hall–Kier alpha value is -1.04. The average molecular weight is 364 g/mol. The molecule has 0 aromatic heterocycles. The van der Waals surface area contributed by atoms with Gasteiger partial charge in [-0.15, -0.1) is 0 Å². The van der Waals surface area contributed by atoms with Crippen LogP contribution in [0.15, 0.2) is 11.6 Å². The Morgan fingerprint density at radius 2 is 2.04 bits per heavy atom. The normalized spacial score (nSPS) is 57.3. The number of Topliss-reactive ketones (excluding diaryl/α,β-unsaturated/α-hetero) is 1. The lowest BCUT2D eigenvalue weighted by molar-refractivity contribution is -0.182. The fraction of sp³-hybridized carbons (Fsp3) is 0.810. The van der Waals surface area contributed by atoms with Crippen LogP contribution in [0.25, 0.3) is 0 Å². The molecule has 0 radical (unpaired) electrons. The predicted octanol–water partition coefficient (Wildman–Crippen LogP) is 1.78. The predicted molar refractivity (Wildman–Crippen MR) is 95.1 cm³/mol. The summed E-state index contributed by atoms with van der Waals surface area (Å²) in [5, 5.41) is 31.9. The fourth-order valence-corrected chi connectivity index (χ4v) is 6.52. The maximum Gasteiger partial charge on any atom is 0.190 e. The van der Waals surface area contributed by atoms with Gasteiger partial charge in [-0.2, -0.15) is 0 Å². The van der Waals surface area contributed by atoms with Crippen LogP contribution in [0.2, 0.25) is 0 Å². The van der Waals surface area contributed by atoms with Gasteiger partial charge < -0.3 is 15.3 Å². The molecule has 4 rings (SSSR count). The molecule has 0 heterocycles. The highest BCUT2D eigenvalue weighted by Gasteiger charge is 2.68. The minimum Gasteiger partial charge on any atom is -0.393 e. The quantitative estimate of drug-likeness (QED) is 0.694. The van der Waals surface area contributed by atoms with E-state index in [1.807, 2.05) is 6.92 Å². The summed E-state index contributed by atoms with van der Waals surface area (Å²) in [6, 6.07) is 0. The number of aliphatic hydroxyl groups excluding tert-OH is 2. The zero-order valence-corrected chi connectivity index (χ0v) is 15.5. The first-order valence-electron chi connectivity index (χ1n) is 10.7. The molecule has 0 aliphatic heterocycles. The monoisotopic (exact) mass is 364 g/mol. The number of rotatable bonds is 2. The number of hydrogen-bond acceptors (Lipinski definition) is 5. The standard InChI is InChI=1S/C21H30O5/c1-19-7-5-13(23)9-12(19)3-4-14-15-6-8-21(26,17(25)11-22)20(15,2)10-16(24)18(14)19/h9,14-16,18,22,24,26H,3-8,10-11H2,1-2H3/t14-,15-,16-,18?,19-,20-,21-/m0/s1/i14D,15D. The first kappa shape index (κ1) is 16.0. The lowest BCUT2D eigenvalue weighted by atomic mass is 9.45. The maximum atomic E-state index is 12.5.